The van der Waals surface area contributed by atoms with Crippen LogP contribution < -0.4 is 5.73 Å². The molecule has 2 aromatic carbocycles. The molecular weight excluding hydrogens is 248 g/mol. The average Bonchev–Trinajstić information content (AvgIpc) is 2.39. The molecule has 2 N–H and O–H groups in total. The van der Waals surface area contributed by atoms with Crippen LogP contribution in [0, 0.1) is 11.6 Å². The van der Waals surface area contributed by atoms with E-state index < -0.39 is 11.6 Å². The maximum atomic E-state index is 13.8. The molecule has 0 atom stereocenters. The molecule has 0 heterocycles. The van der Waals surface area contributed by atoms with E-state index in [-0.39, 0.29) is 5.56 Å². The van der Waals surface area contributed by atoms with Gasteiger partial charge in [0.2, 0.25) is 0 Å². The number of halogens is 2. The molecule has 19 heavy (non-hydrogen) atoms. The quantitative estimate of drug-likeness (QED) is 0.858. The maximum absolute atomic E-state index is 13.8. The largest absolute Gasteiger partial charge is 0.398 e. The predicted molar refractivity (Wildman–Crippen MR) is 71.8 cm³/mol. The molecule has 100 valence electrons. The fourth-order valence-electron chi connectivity index (χ4n) is 2.02. The summed E-state index contributed by atoms with van der Waals surface area (Å²) >= 11 is 0. The predicted octanol–water partition coefficient (Wildman–Crippen LogP) is 3.40. The van der Waals surface area contributed by atoms with E-state index in [9.17, 15) is 8.78 Å². The molecule has 0 fully saturated rings. The summed E-state index contributed by atoms with van der Waals surface area (Å²) in [6.45, 7) is 0.507. The zero-order valence-electron chi connectivity index (χ0n) is 10.6. The Morgan fingerprint density at radius 2 is 1.68 bits per heavy atom. The van der Waals surface area contributed by atoms with E-state index in [2.05, 4.69) is 0 Å². The SMILES string of the molecule is COCCc1cccc(-c2c(F)cccc2F)c1N. The number of nitrogen functional groups attached to an aromatic ring is 1. The van der Waals surface area contributed by atoms with Crippen LogP contribution in [-0.4, -0.2) is 13.7 Å². The van der Waals surface area contributed by atoms with Gasteiger partial charge in [-0.25, -0.2) is 8.78 Å². The molecular formula is C15H15F2NO. The summed E-state index contributed by atoms with van der Waals surface area (Å²) in [7, 11) is 1.59. The molecule has 0 unspecified atom stereocenters. The van der Waals surface area contributed by atoms with Crippen molar-refractivity contribution in [3.8, 4) is 11.1 Å². The molecule has 0 aliphatic carbocycles. The van der Waals surface area contributed by atoms with Gasteiger partial charge in [-0.05, 0) is 24.1 Å². The van der Waals surface area contributed by atoms with Crippen LogP contribution in [0.1, 0.15) is 5.56 Å². The van der Waals surface area contributed by atoms with Gasteiger partial charge >= 0.3 is 0 Å². The highest BCUT2D eigenvalue weighted by Crippen LogP contribution is 2.32. The van der Waals surface area contributed by atoms with E-state index in [1.54, 1.807) is 19.2 Å². The molecule has 0 saturated heterocycles. The Labute approximate surface area is 110 Å². The van der Waals surface area contributed by atoms with Crippen LogP contribution in [0.4, 0.5) is 14.5 Å². The second-order valence-corrected chi connectivity index (χ2v) is 4.22. The van der Waals surface area contributed by atoms with Gasteiger partial charge in [0.25, 0.3) is 0 Å². The molecule has 2 aromatic rings. The highest BCUT2D eigenvalue weighted by Gasteiger charge is 2.15. The summed E-state index contributed by atoms with van der Waals surface area (Å²) in [6.07, 6.45) is 0.603. The summed E-state index contributed by atoms with van der Waals surface area (Å²) in [5.74, 6) is -1.23. The maximum Gasteiger partial charge on any atom is 0.134 e. The zero-order valence-corrected chi connectivity index (χ0v) is 10.6. The molecule has 2 nitrogen and oxygen atoms in total. The average molecular weight is 263 g/mol. The Kier molecular flexibility index (Phi) is 4.12. The summed E-state index contributed by atoms with van der Waals surface area (Å²) in [5.41, 5.74) is 7.51. The number of hydrogen-bond donors (Lipinski definition) is 1. The number of methoxy groups -OCH3 is 1. The molecule has 4 heteroatoms. The van der Waals surface area contributed by atoms with Gasteiger partial charge in [-0.2, -0.15) is 0 Å². The van der Waals surface area contributed by atoms with Crippen molar-refractivity contribution in [2.24, 2.45) is 0 Å². The molecule has 0 aromatic heterocycles. The van der Waals surface area contributed by atoms with Gasteiger partial charge in [0.15, 0.2) is 0 Å². The normalized spacial score (nSPS) is 10.7. The number of anilines is 1. The highest BCUT2D eigenvalue weighted by atomic mass is 19.1. The number of rotatable bonds is 4. The van der Waals surface area contributed by atoms with Crippen molar-refractivity contribution in [2.45, 2.75) is 6.42 Å². The highest BCUT2D eigenvalue weighted by molar-refractivity contribution is 5.79. The number of nitrogens with two attached hydrogens (primary N) is 1. The van der Waals surface area contributed by atoms with Crippen LogP contribution in [0.5, 0.6) is 0 Å². The minimum Gasteiger partial charge on any atom is -0.398 e. The summed E-state index contributed by atoms with van der Waals surface area (Å²) in [4.78, 5) is 0. The topological polar surface area (TPSA) is 35.2 Å². The third kappa shape index (κ3) is 2.74. The third-order valence-corrected chi connectivity index (χ3v) is 3.00. The molecule has 0 bridgehead atoms. The van der Waals surface area contributed by atoms with Gasteiger partial charge < -0.3 is 10.5 Å². The number of hydrogen-bond acceptors (Lipinski definition) is 2. The van der Waals surface area contributed by atoms with Crippen LogP contribution >= 0.6 is 0 Å². The van der Waals surface area contributed by atoms with E-state index >= 15 is 0 Å². The monoisotopic (exact) mass is 263 g/mol. The van der Waals surface area contributed by atoms with Crippen molar-refractivity contribution in [3.63, 3.8) is 0 Å². The second kappa shape index (κ2) is 5.80. The van der Waals surface area contributed by atoms with Crippen molar-refractivity contribution in [1.82, 2.24) is 0 Å². The van der Waals surface area contributed by atoms with Gasteiger partial charge in [0.05, 0.1) is 12.2 Å². The Bertz CT molecular complexity index is 564. The van der Waals surface area contributed by atoms with E-state index in [0.717, 1.165) is 5.56 Å². The summed E-state index contributed by atoms with van der Waals surface area (Å²) in [6, 6.07) is 8.96. The molecule has 0 aliphatic rings. The van der Waals surface area contributed by atoms with Crippen LogP contribution in [0.15, 0.2) is 36.4 Å². The van der Waals surface area contributed by atoms with E-state index in [0.29, 0.717) is 24.3 Å². The van der Waals surface area contributed by atoms with Crippen molar-refractivity contribution in [1.29, 1.82) is 0 Å². The number of benzene rings is 2. The molecule has 0 amide bonds. The molecule has 0 spiro atoms. The van der Waals surface area contributed by atoms with Crippen molar-refractivity contribution in [3.05, 3.63) is 53.6 Å². The van der Waals surface area contributed by atoms with Gasteiger partial charge in [0.1, 0.15) is 11.6 Å². The lowest BCUT2D eigenvalue weighted by molar-refractivity contribution is 0.202. The Morgan fingerprint density at radius 3 is 2.32 bits per heavy atom. The van der Waals surface area contributed by atoms with Crippen molar-refractivity contribution < 1.29 is 13.5 Å². The first-order chi connectivity index (χ1) is 9.15. The van der Waals surface area contributed by atoms with Gasteiger partial charge in [-0.15, -0.1) is 0 Å². The minimum absolute atomic E-state index is 0.0840. The fraction of sp³-hybridized carbons (Fsp3) is 0.200. The first-order valence-corrected chi connectivity index (χ1v) is 5.96. The zero-order chi connectivity index (χ0) is 13.8. The Morgan fingerprint density at radius 1 is 1.05 bits per heavy atom. The summed E-state index contributed by atoms with van der Waals surface area (Å²) < 4.78 is 32.5. The number of ether oxygens (including phenoxy) is 1. The lowest BCUT2D eigenvalue weighted by atomic mass is 9.98. The third-order valence-electron chi connectivity index (χ3n) is 3.00. The smallest absolute Gasteiger partial charge is 0.134 e. The molecule has 0 radical (unpaired) electrons. The van der Waals surface area contributed by atoms with Crippen LogP contribution in [-0.2, 0) is 11.2 Å². The van der Waals surface area contributed by atoms with E-state index in [1.807, 2.05) is 6.07 Å². The van der Waals surface area contributed by atoms with Gasteiger partial charge in [-0.1, -0.05) is 24.3 Å². The minimum atomic E-state index is -0.615. The lowest BCUT2D eigenvalue weighted by Crippen LogP contribution is -2.02. The van der Waals surface area contributed by atoms with Crippen LogP contribution in [0.2, 0.25) is 0 Å². The van der Waals surface area contributed by atoms with Crippen LogP contribution in [0.25, 0.3) is 11.1 Å². The molecule has 0 aliphatic heterocycles. The van der Waals surface area contributed by atoms with E-state index in [1.165, 1.54) is 18.2 Å². The first-order valence-electron chi connectivity index (χ1n) is 5.96. The Balaban J connectivity index is 2.51. The van der Waals surface area contributed by atoms with Gasteiger partial charge in [0, 0.05) is 18.4 Å². The number of para-hydroxylation sites is 1. The Hall–Kier alpha value is -1.94. The van der Waals surface area contributed by atoms with E-state index in [4.69, 9.17) is 10.5 Å². The first kappa shape index (κ1) is 13.5. The fourth-order valence-corrected chi connectivity index (χ4v) is 2.02. The van der Waals surface area contributed by atoms with Crippen molar-refractivity contribution in [2.75, 3.05) is 19.5 Å². The molecule has 0 saturated carbocycles. The van der Waals surface area contributed by atoms with Gasteiger partial charge in [-0.3, -0.25) is 0 Å². The van der Waals surface area contributed by atoms with Crippen LogP contribution in [0.3, 0.4) is 0 Å². The molecule has 2 rings (SSSR count). The lowest BCUT2D eigenvalue weighted by Gasteiger charge is -2.12. The second-order valence-electron chi connectivity index (χ2n) is 4.22. The summed E-state index contributed by atoms with van der Waals surface area (Å²) in [5, 5.41) is 0. The van der Waals surface area contributed by atoms with Crippen molar-refractivity contribution >= 4 is 5.69 Å². The standard InChI is InChI=1S/C15H15F2NO/c1-19-9-8-10-4-2-5-11(15(10)18)14-12(16)6-3-7-13(14)17/h2-7H,8-9,18H2,1H3.